The number of aliphatic imine (C=N–C) groups is 1. The smallest absolute Gasteiger partial charge is 0.198 e. The van der Waals surface area contributed by atoms with Crippen LogP contribution < -0.4 is 11.5 Å². The molecule has 0 fully saturated rings. The van der Waals surface area contributed by atoms with E-state index in [2.05, 4.69) is 116 Å². The maximum Gasteiger partial charge on any atom is 0.198 e. The summed E-state index contributed by atoms with van der Waals surface area (Å²) in [5.41, 5.74) is 22.1. The number of pyridine rings is 2. The highest BCUT2D eigenvalue weighted by atomic mass is 79.9. The highest BCUT2D eigenvalue weighted by molar-refractivity contribution is 9.10. The van der Waals surface area contributed by atoms with Gasteiger partial charge in [-0.2, -0.15) is 0 Å². The first-order chi connectivity index (χ1) is 28.4. The first kappa shape index (κ1) is 41.7. The third-order valence-electron chi connectivity index (χ3n) is 9.77. The van der Waals surface area contributed by atoms with Crippen LogP contribution in [0.1, 0.15) is 51.4 Å². The standard InChI is InChI=1S/C23H21NO2S2.C20H16N2S.C5H5BrN2/c1-16-7-10-21(11-8-16)28(25,26)15-24-17(2)18-9-12-23-20(13-18)14-19-5-3-4-6-22(19)27-23;1-13(16-7-9-20(21)22-12-16)14-6-8-19-17(10-14)11-15-4-2-3-5-18(15)23-19;6-4-1-2-5(7)8-3-4/h3-13H,14-15H2,1-2H3;2-10,12H,1,11H2,(H2,21,22);1-3H,(H2,7,8). The molecule has 0 bridgehead atoms. The fourth-order valence-corrected chi connectivity index (χ4v) is 9.83. The zero-order chi connectivity index (χ0) is 41.5. The SMILES string of the molecule is C=C(c1ccc(N)nc1)c1ccc2c(c1)Cc1ccccc1S2.CC(=NCS(=O)(=O)c1ccc(C)cc1)c1ccc2c(c1)Cc1ccccc1S2.Nc1ccc(Br)cn1. The number of nitrogen functional groups attached to an aromatic ring is 2. The van der Waals surface area contributed by atoms with Gasteiger partial charge in [-0.05, 0) is 154 Å². The van der Waals surface area contributed by atoms with Crippen molar-refractivity contribution in [1.29, 1.82) is 0 Å². The Bertz CT molecular complexity index is 2750. The molecule has 59 heavy (non-hydrogen) atoms. The summed E-state index contributed by atoms with van der Waals surface area (Å²) in [7, 11) is -3.43. The van der Waals surface area contributed by atoms with E-state index in [1.165, 1.54) is 41.8 Å². The van der Waals surface area contributed by atoms with Gasteiger partial charge in [0.25, 0.3) is 0 Å². The topological polar surface area (TPSA) is 124 Å². The molecule has 0 saturated heterocycles. The maximum absolute atomic E-state index is 12.5. The average molecular weight is 897 g/mol. The third-order valence-corrected chi connectivity index (χ3v) is 14.2. The van der Waals surface area contributed by atoms with Crippen LogP contribution in [0.2, 0.25) is 0 Å². The number of aryl methyl sites for hydroxylation is 1. The Balaban J connectivity index is 0.000000153. The zero-order valence-corrected chi connectivity index (χ0v) is 36.6. The van der Waals surface area contributed by atoms with E-state index < -0.39 is 9.84 Å². The van der Waals surface area contributed by atoms with Crippen molar-refractivity contribution >= 4 is 72.2 Å². The zero-order valence-electron chi connectivity index (χ0n) is 32.6. The van der Waals surface area contributed by atoms with Crippen LogP contribution in [-0.2, 0) is 22.7 Å². The Morgan fingerprint density at radius 2 is 1.17 bits per heavy atom. The summed E-state index contributed by atoms with van der Waals surface area (Å²) >= 11 is 6.85. The number of rotatable bonds is 6. The van der Waals surface area contributed by atoms with Crippen molar-refractivity contribution in [2.75, 3.05) is 17.3 Å². The minimum Gasteiger partial charge on any atom is -0.384 e. The van der Waals surface area contributed by atoms with E-state index in [1.807, 2.05) is 62.0 Å². The molecule has 2 aromatic heterocycles. The quantitative estimate of drug-likeness (QED) is 0.158. The first-order valence-electron chi connectivity index (χ1n) is 18.8. The second kappa shape index (κ2) is 18.6. The molecule has 2 aliphatic rings. The van der Waals surface area contributed by atoms with Crippen molar-refractivity contribution in [3.05, 3.63) is 201 Å². The second-order valence-corrected chi connectivity index (χ2v) is 19.1. The van der Waals surface area contributed by atoms with Crippen LogP contribution >= 0.6 is 39.5 Å². The lowest BCUT2D eigenvalue weighted by molar-refractivity contribution is 0.596. The van der Waals surface area contributed by atoms with Gasteiger partial charge in [0.2, 0.25) is 0 Å². The number of hydrogen-bond acceptors (Lipinski definition) is 9. The van der Waals surface area contributed by atoms with Crippen molar-refractivity contribution in [2.45, 2.75) is 51.2 Å². The molecule has 0 radical (unpaired) electrons. The highest BCUT2D eigenvalue weighted by Gasteiger charge is 2.19. The largest absolute Gasteiger partial charge is 0.384 e. The minimum atomic E-state index is -3.43. The van der Waals surface area contributed by atoms with E-state index in [0.717, 1.165) is 50.9 Å². The fourth-order valence-electron chi connectivity index (χ4n) is 6.42. The molecule has 4 N–H and O–H groups in total. The van der Waals surface area contributed by atoms with E-state index >= 15 is 0 Å². The maximum atomic E-state index is 12.5. The van der Waals surface area contributed by atoms with Crippen molar-refractivity contribution in [3.63, 3.8) is 0 Å². The molecular weight excluding hydrogens is 855 g/mol. The number of benzene rings is 5. The predicted molar refractivity (Wildman–Crippen MR) is 248 cm³/mol. The Hall–Kier alpha value is -5.46. The number of nitrogens with zero attached hydrogens (tertiary/aromatic N) is 3. The Morgan fingerprint density at radius 1 is 0.661 bits per heavy atom. The predicted octanol–water partition coefficient (Wildman–Crippen LogP) is 11.5. The number of aromatic nitrogens is 2. The number of hydrogen-bond donors (Lipinski definition) is 2. The number of nitrogens with two attached hydrogens (primary N) is 2. The molecule has 296 valence electrons. The van der Waals surface area contributed by atoms with Crippen LogP contribution in [0.15, 0.2) is 186 Å². The summed E-state index contributed by atoms with van der Waals surface area (Å²) in [6, 6.07) is 44.2. The monoisotopic (exact) mass is 895 g/mol. The van der Waals surface area contributed by atoms with Gasteiger partial charge in [-0.1, -0.05) is 96.3 Å². The average Bonchev–Trinajstić information content (AvgIpc) is 3.25. The van der Waals surface area contributed by atoms with Crippen LogP contribution in [0.3, 0.4) is 0 Å². The van der Waals surface area contributed by atoms with Gasteiger partial charge in [0.1, 0.15) is 17.5 Å². The summed E-state index contributed by atoms with van der Waals surface area (Å²) in [5, 5.41) is 0. The van der Waals surface area contributed by atoms with Crippen molar-refractivity contribution in [2.24, 2.45) is 4.99 Å². The van der Waals surface area contributed by atoms with Crippen molar-refractivity contribution < 1.29 is 8.42 Å². The first-order valence-corrected chi connectivity index (χ1v) is 22.9. The number of anilines is 2. The summed E-state index contributed by atoms with van der Waals surface area (Å²) < 4.78 is 26.0. The van der Waals surface area contributed by atoms with Gasteiger partial charge >= 0.3 is 0 Å². The molecule has 0 aliphatic carbocycles. The third kappa shape index (κ3) is 10.6. The number of halogens is 1. The lowest BCUT2D eigenvalue weighted by Gasteiger charge is -2.20. The Labute approximate surface area is 363 Å². The number of fused-ring (bicyclic) bond motifs is 4. The lowest BCUT2D eigenvalue weighted by Crippen LogP contribution is -2.08. The van der Waals surface area contributed by atoms with E-state index in [9.17, 15) is 8.42 Å². The van der Waals surface area contributed by atoms with E-state index in [0.29, 0.717) is 16.5 Å². The molecule has 0 saturated carbocycles. The molecule has 7 aromatic rings. The summed E-state index contributed by atoms with van der Waals surface area (Å²) in [4.78, 5) is 17.9. The molecular formula is C48H42BrN5O2S3. The molecule has 0 atom stereocenters. The second-order valence-electron chi connectivity index (χ2n) is 14.1. The van der Waals surface area contributed by atoms with Gasteiger partial charge in [-0.15, -0.1) is 0 Å². The molecule has 0 amide bonds. The van der Waals surface area contributed by atoms with Crippen molar-refractivity contribution in [3.8, 4) is 0 Å². The molecule has 11 heteroatoms. The van der Waals surface area contributed by atoms with Gasteiger partial charge in [0, 0.05) is 47.7 Å². The fraction of sp³-hybridized carbons (Fsp3) is 0.104. The molecule has 4 heterocycles. The molecule has 7 nitrogen and oxygen atoms in total. The normalized spacial score (nSPS) is 12.6. The molecule has 2 aliphatic heterocycles. The van der Waals surface area contributed by atoms with E-state index in [1.54, 1.807) is 42.4 Å². The van der Waals surface area contributed by atoms with Gasteiger partial charge in [0.05, 0.1) is 4.90 Å². The highest BCUT2D eigenvalue weighted by Crippen LogP contribution is 2.41. The molecule has 5 aromatic carbocycles. The van der Waals surface area contributed by atoms with Crippen molar-refractivity contribution in [1.82, 2.24) is 9.97 Å². The summed E-state index contributed by atoms with van der Waals surface area (Å²) in [5.74, 6) is 0.838. The lowest BCUT2D eigenvalue weighted by atomic mass is 9.96. The van der Waals surface area contributed by atoms with Crippen LogP contribution in [0, 0.1) is 6.92 Å². The van der Waals surface area contributed by atoms with E-state index in [4.69, 9.17) is 11.5 Å². The molecule has 0 unspecified atom stereocenters. The Morgan fingerprint density at radius 3 is 1.71 bits per heavy atom. The number of sulfone groups is 1. The van der Waals surface area contributed by atoms with Gasteiger partial charge < -0.3 is 11.5 Å². The van der Waals surface area contributed by atoms with Gasteiger partial charge in [-0.25, -0.2) is 18.4 Å². The summed E-state index contributed by atoms with van der Waals surface area (Å²) in [6.07, 6.45) is 5.30. The van der Waals surface area contributed by atoms with E-state index in [-0.39, 0.29) is 5.88 Å². The van der Waals surface area contributed by atoms with Gasteiger partial charge in [-0.3, -0.25) is 4.99 Å². The summed E-state index contributed by atoms with van der Waals surface area (Å²) in [6.45, 7) is 8.04. The van der Waals surface area contributed by atoms with Crippen LogP contribution in [-0.4, -0.2) is 30.0 Å². The van der Waals surface area contributed by atoms with Crippen LogP contribution in [0.5, 0.6) is 0 Å². The minimum absolute atomic E-state index is 0.240. The van der Waals surface area contributed by atoms with Gasteiger partial charge in [0.15, 0.2) is 9.84 Å². The van der Waals surface area contributed by atoms with Crippen LogP contribution in [0.4, 0.5) is 11.6 Å². The molecule has 9 rings (SSSR count). The Kier molecular flexibility index (Phi) is 13.2. The van der Waals surface area contributed by atoms with Crippen LogP contribution in [0.25, 0.3) is 5.57 Å². The molecule has 0 spiro atoms.